The van der Waals surface area contributed by atoms with Crippen LogP contribution in [-0.2, 0) is 17.9 Å². The van der Waals surface area contributed by atoms with E-state index in [1.807, 2.05) is 0 Å². The molecule has 17 heavy (non-hydrogen) atoms. The number of carboxylic acid groups (broad SMARTS) is 1. The Hall–Kier alpha value is -1.85. The first-order valence-electron chi connectivity index (χ1n) is 5.73. The molecule has 1 aliphatic carbocycles. The van der Waals surface area contributed by atoms with Crippen molar-refractivity contribution in [3.63, 3.8) is 0 Å². The van der Waals surface area contributed by atoms with Crippen LogP contribution in [0.4, 0.5) is 0 Å². The molecule has 1 aromatic rings. The van der Waals surface area contributed by atoms with Gasteiger partial charge in [0, 0.05) is 12.5 Å². The molecule has 2 aliphatic rings. The fourth-order valence-electron chi connectivity index (χ4n) is 2.20. The second-order valence-corrected chi connectivity index (χ2v) is 4.57. The highest BCUT2D eigenvalue weighted by Gasteiger charge is 2.35. The molecule has 6 heteroatoms. The molecule has 1 amide bonds. The van der Waals surface area contributed by atoms with Crippen LogP contribution in [0.2, 0.25) is 0 Å². The van der Waals surface area contributed by atoms with E-state index in [1.54, 1.807) is 9.58 Å². The fraction of sp³-hybridized carbons (Fsp3) is 0.545. The van der Waals surface area contributed by atoms with Crippen molar-refractivity contribution in [3.05, 3.63) is 17.5 Å². The standard InChI is InChI=1S/C11H13N3O3/c15-10(7-1-2-7)13-3-4-14-9(6-13)8(5-12-14)11(16)17/h5,7H,1-4,6H2,(H,16,17). The zero-order valence-corrected chi connectivity index (χ0v) is 9.30. The smallest absolute Gasteiger partial charge is 0.339 e. The molecular formula is C11H13N3O3. The van der Waals surface area contributed by atoms with Gasteiger partial charge in [0.05, 0.1) is 25.0 Å². The summed E-state index contributed by atoms with van der Waals surface area (Å²) in [6.07, 6.45) is 3.31. The maximum Gasteiger partial charge on any atom is 0.339 e. The van der Waals surface area contributed by atoms with E-state index in [9.17, 15) is 9.59 Å². The number of carbonyl (C=O) groups is 2. The summed E-state index contributed by atoms with van der Waals surface area (Å²) in [6.45, 7) is 1.58. The van der Waals surface area contributed by atoms with Crippen LogP contribution in [0.3, 0.4) is 0 Å². The van der Waals surface area contributed by atoms with Gasteiger partial charge in [-0.3, -0.25) is 9.48 Å². The molecule has 0 aromatic carbocycles. The Morgan fingerprint density at radius 3 is 2.76 bits per heavy atom. The molecule has 0 atom stereocenters. The summed E-state index contributed by atoms with van der Waals surface area (Å²) in [7, 11) is 0. The zero-order valence-electron chi connectivity index (χ0n) is 9.30. The van der Waals surface area contributed by atoms with Crippen LogP contribution < -0.4 is 0 Å². The number of aromatic carboxylic acids is 1. The summed E-state index contributed by atoms with van der Waals surface area (Å²) in [5.74, 6) is -0.640. The van der Waals surface area contributed by atoms with Crippen molar-refractivity contribution >= 4 is 11.9 Å². The molecule has 0 unspecified atom stereocenters. The minimum atomic E-state index is -0.980. The Morgan fingerprint density at radius 1 is 1.35 bits per heavy atom. The van der Waals surface area contributed by atoms with Gasteiger partial charge in [0.2, 0.25) is 5.91 Å². The number of hydrogen-bond donors (Lipinski definition) is 1. The van der Waals surface area contributed by atoms with Gasteiger partial charge in [-0.15, -0.1) is 0 Å². The first-order chi connectivity index (χ1) is 8.16. The topological polar surface area (TPSA) is 75.4 Å². The number of carboxylic acids is 1. The molecule has 0 saturated heterocycles. The lowest BCUT2D eigenvalue weighted by Gasteiger charge is -2.28. The zero-order chi connectivity index (χ0) is 12.0. The second-order valence-electron chi connectivity index (χ2n) is 4.57. The lowest BCUT2D eigenvalue weighted by atomic mass is 10.2. The molecular weight excluding hydrogens is 222 g/mol. The van der Waals surface area contributed by atoms with E-state index in [1.165, 1.54) is 6.20 Å². The van der Waals surface area contributed by atoms with Crippen LogP contribution in [0, 0.1) is 5.92 Å². The SMILES string of the molecule is O=C(O)c1cnn2c1CN(C(=O)C1CC1)CC2. The highest BCUT2D eigenvalue weighted by atomic mass is 16.4. The largest absolute Gasteiger partial charge is 0.478 e. The Morgan fingerprint density at radius 2 is 2.12 bits per heavy atom. The van der Waals surface area contributed by atoms with Gasteiger partial charge in [-0.2, -0.15) is 5.10 Å². The monoisotopic (exact) mass is 235 g/mol. The van der Waals surface area contributed by atoms with Crippen molar-refractivity contribution in [3.8, 4) is 0 Å². The average Bonchev–Trinajstić information content (AvgIpc) is 3.06. The van der Waals surface area contributed by atoms with Crippen LogP contribution in [0.1, 0.15) is 28.9 Å². The predicted octanol–water partition coefficient (Wildman–Crippen LogP) is 0.333. The van der Waals surface area contributed by atoms with Crippen molar-refractivity contribution in [2.75, 3.05) is 6.54 Å². The van der Waals surface area contributed by atoms with Crippen molar-refractivity contribution in [2.45, 2.75) is 25.9 Å². The summed E-state index contributed by atoms with van der Waals surface area (Å²) < 4.78 is 1.68. The van der Waals surface area contributed by atoms with Gasteiger partial charge >= 0.3 is 5.97 Å². The van der Waals surface area contributed by atoms with E-state index in [0.29, 0.717) is 25.3 Å². The van der Waals surface area contributed by atoms with Gasteiger partial charge in [0.15, 0.2) is 0 Å². The maximum absolute atomic E-state index is 11.9. The average molecular weight is 235 g/mol. The molecule has 90 valence electrons. The van der Waals surface area contributed by atoms with E-state index < -0.39 is 5.97 Å². The molecule has 6 nitrogen and oxygen atoms in total. The Kier molecular flexibility index (Phi) is 2.17. The van der Waals surface area contributed by atoms with Crippen LogP contribution in [0.15, 0.2) is 6.20 Å². The molecule has 0 radical (unpaired) electrons. The van der Waals surface area contributed by atoms with Crippen LogP contribution >= 0.6 is 0 Å². The van der Waals surface area contributed by atoms with Crippen LogP contribution in [0.25, 0.3) is 0 Å². The molecule has 0 spiro atoms. The van der Waals surface area contributed by atoms with Crippen LogP contribution in [0.5, 0.6) is 0 Å². The van der Waals surface area contributed by atoms with Gasteiger partial charge in [0.1, 0.15) is 5.56 Å². The minimum absolute atomic E-state index is 0.161. The Labute approximate surface area is 97.8 Å². The molecule has 1 aromatic heterocycles. The van der Waals surface area contributed by atoms with Crippen molar-refractivity contribution < 1.29 is 14.7 Å². The summed E-state index contributed by atoms with van der Waals surface area (Å²) in [5.41, 5.74) is 0.844. The molecule has 1 saturated carbocycles. The van der Waals surface area contributed by atoms with Crippen molar-refractivity contribution in [1.82, 2.24) is 14.7 Å². The molecule has 0 bridgehead atoms. The first-order valence-corrected chi connectivity index (χ1v) is 5.73. The summed E-state index contributed by atoms with van der Waals surface area (Å²) in [6, 6.07) is 0. The molecule has 1 aliphatic heterocycles. The molecule has 2 heterocycles. The number of rotatable bonds is 2. The Bertz CT molecular complexity index is 490. The van der Waals surface area contributed by atoms with Crippen molar-refractivity contribution in [1.29, 1.82) is 0 Å². The van der Waals surface area contributed by atoms with E-state index in [4.69, 9.17) is 5.11 Å². The van der Waals surface area contributed by atoms with Gasteiger partial charge in [-0.1, -0.05) is 0 Å². The van der Waals surface area contributed by atoms with Crippen LogP contribution in [-0.4, -0.2) is 38.2 Å². The van der Waals surface area contributed by atoms with Gasteiger partial charge < -0.3 is 10.0 Å². The molecule has 1 fully saturated rings. The first kappa shape index (κ1) is 10.3. The highest BCUT2D eigenvalue weighted by molar-refractivity contribution is 5.89. The summed E-state index contributed by atoms with van der Waals surface area (Å²) in [4.78, 5) is 24.7. The van der Waals surface area contributed by atoms with Gasteiger partial charge in [0.25, 0.3) is 0 Å². The Balaban J connectivity index is 1.85. The molecule has 3 rings (SSSR count). The second kappa shape index (κ2) is 3.58. The van der Waals surface area contributed by atoms with Gasteiger partial charge in [-0.25, -0.2) is 4.79 Å². The number of hydrogen-bond acceptors (Lipinski definition) is 3. The van der Waals surface area contributed by atoms with E-state index in [-0.39, 0.29) is 17.4 Å². The third-order valence-electron chi connectivity index (χ3n) is 3.34. The normalized spacial score (nSPS) is 18.9. The predicted molar refractivity (Wildman–Crippen MR) is 57.3 cm³/mol. The lowest BCUT2D eigenvalue weighted by Crippen LogP contribution is -2.39. The number of amides is 1. The maximum atomic E-state index is 11.9. The van der Waals surface area contributed by atoms with Gasteiger partial charge in [-0.05, 0) is 12.8 Å². The third-order valence-corrected chi connectivity index (χ3v) is 3.34. The molecule has 1 N–H and O–H groups in total. The van der Waals surface area contributed by atoms with Crippen molar-refractivity contribution in [2.24, 2.45) is 5.92 Å². The van der Waals surface area contributed by atoms with E-state index in [2.05, 4.69) is 5.10 Å². The summed E-state index contributed by atoms with van der Waals surface area (Å²) >= 11 is 0. The quantitative estimate of drug-likeness (QED) is 0.801. The number of carbonyl (C=O) groups excluding carboxylic acids is 1. The number of fused-ring (bicyclic) bond motifs is 1. The third kappa shape index (κ3) is 1.69. The van der Waals surface area contributed by atoms with E-state index in [0.717, 1.165) is 12.8 Å². The minimum Gasteiger partial charge on any atom is -0.478 e. The summed E-state index contributed by atoms with van der Waals surface area (Å²) in [5, 5.41) is 13.0. The fourth-order valence-corrected chi connectivity index (χ4v) is 2.20. The highest BCUT2D eigenvalue weighted by Crippen LogP contribution is 2.32. The number of nitrogens with zero attached hydrogens (tertiary/aromatic N) is 3. The number of aromatic nitrogens is 2. The lowest BCUT2D eigenvalue weighted by molar-refractivity contribution is -0.134. The van der Waals surface area contributed by atoms with E-state index >= 15 is 0 Å².